The standard InChI is InChI=1S/C8H18N4O2.C2H4O2/c1-11-8(10)12-5-3-4-6(9)7(13)14-2;1-2(3)4/h6H,3-5,9H2,1-2H3,(H3,10,11,12);1H3,(H,3,4)/t6-;/m0./s1. The summed E-state index contributed by atoms with van der Waals surface area (Å²) in [5.74, 6) is -0.834. The first-order valence-electron chi connectivity index (χ1n) is 5.34. The molecular weight excluding hydrogens is 240 g/mol. The van der Waals surface area contributed by atoms with Crippen molar-refractivity contribution >= 4 is 17.9 Å². The maximum absolute atomic E-state index is 10.9. The predicted octanol–water partition coefficient (Wildman–Crippen LogP) is -1.11. The Hall–Kier alpha value is -1.83. The van der Waals surface area contributed by atoms with Gasteiger partial charge in [-0.1, -0.05) is 0 Å². The zero-order valence-electron chi connectivity index (χ0n) is 11.0. The van der Waals surface area contributed by atoms with E-state index in [4.69, 9.17) is 21.4 Å². The molecule has 0 amide bonds. The van der Waals surface area contributed by atoms with Crippen LogP contribution in [0.2, 0.25) is 0 Å². The predicted molar refractivity (Wildman–Crippen MR) is 68.1 cm³/mol. The summed E-state index contributed by atoms with van der Waals surface area (Å²) < 4.78 is 4.48. The first kappa shape index (κ1) is 18.5. The van der Waals surface area contributed by atoms with Gasteiger partial charge >= 0.3 is 5.97 Å². The molecule has 106 valence electrons. The molecule has 0 spiro atoms. The normalized spacial score (nSPS) is 11.9. The highest BCUT2D eigenvalue weighted by molar-refractivity contribution is 5.77. The van der Waals surface area contributed by atoms with Crippen molar-refractivity contribution in [3.05, 3.63) is 0 Å². The Morgan fingerprint density at radius 2 is 2.00 bits per heavy atom. The van der Waals surface area contributed by atoms with Crippen LogP contribution >= 0.6 is 0 Å². The number of nitrogens with zero attached hydrogens (tertiary/aromatic N) is 1. The molecule has 0 bridgehead atoms. The molecule has 1 atom stereocenters. The van der Waals surface area contributed by atoms with Crippen molar-refractivity contribution in [2.75, 3.05) is 20.7 Å². The molecule has 8 nitrogen and oxygen atoms in total. The largest absolute Gasteiger partial charge is 0.481 e. The van der Waals surface area contributed by atoms with E-state index in [1.165, 1.54) is 7.11 Å². The second kappa shape index (κ2) is 11.6. The second-order valence-electron chi connectivity index (χ2n) is 3.33. The summed E-state index contributed by atoms with van der Waals surface area (Å²) >= 11 is 0. The molecule has 0 radical (unpaired) electrons. The van der Waals surface area contributed by atoms with Crippen LogP contribution in [-0.2, 0) is 14.3 Å². The van der Waals surface area contributed by atoms with E-state index in [1.54, 1.807) is 7.05 Å². The molecule has 0 fully saturated rings. The van der Waals surface area contributed by atoms with Crippen molar-refractivity contribution in [3.63, 3.8) is 0 Å². The number of carbonyl (C=O) groups excluding carboxylic acids is 1. The van der Waals surface area contributed by atoms with E-state index in [9.17, 15) is 4.79 Å². The Balaban J connectivity index is 0. The summed E-state index contributed by atoms with van der Waals surface area (Å²) in [5.41, 5.74) is 10.9. The molecule has 0 aromatic carbocycles. The number of carbonyl (C=O) groups is 2. The van der Waals surface area contributed by atoms with Crippen LogP contribution in [0.15, 0.2) is 4.99 Å². The molecule has 0 unspecified atom stereocenters. The second-order valence-corrected chi connectivity index (χ2v) is 3.33. The lowest BCUT2D eigenvalue weighted by atomic mass is 10.2. The van der Waals surface area contributed by atoms with Gasteiger partial charge in [-0.25, -0.2) is 0 Å². The molecule has 0 saturated carbocycles. The van der Waals surface area contributed by atoms with Crippen LogP contribution in [0.4, 0.5) is 0 Å². The molecule has 18 heavy (non-hydrogen) atoms. The number of carboxylic acid groups (broad SMARTS) is 1. The lowest BCUT2D eigenvalue weighted by molar-refractivity contribution is -0.142. The zero-order chi connectivity index (χ0) is 14.6. The van der Waals surface area contributed by atoms with Crippen LogP contribution in [0.3, 0.4) is 0 Å². The Bertz CT molecular complexity index is 277. The van der Waals surface area contributed by atoms with Crippen molar-refractivity contribution < 1.29 is 19.4 Å². The third kappa shape index (κ3) is 14.2. The number of rotatable bonds is 5. The van der Waals surface area contributed by atoms with Gasteiger partial charge in [0.2, 0.25) is 0 Å². The summed E-state index contributed by atoms with van der Waals surface area (Å²) in [6.07, 6.45) is 1.31. The van der Waals surface area contributed by atoms with E-state index in [-0.39, 0.29) is 5.97 Å². The molecule has 0 aromatic heterocycles. The summed E-state index contributed by atoms with van der Waals surface area (Å²) in [6.45, 7) is 1.73. The number of nitrogens with two attached hydrogens (primary N) is 2. The van der Waals surface area contributed by atoms with Crippen molar-refractivity contribution in [2.24, 2.45) is 16.5 Å². The fourth-order valence-electron chi connectivity index (χ4n) is 0.887. The minimum atomic E-state index is -0.833. The Kier molecular flexibility index (Phi) is 12.0. The first-order valence-corrected chi connectivity index (χ1v) is 5.34. The molecule has 0 aliphatic rings. The van der Waals surface area contributed by atoms with E-state index in [0.717, 1.165) is 13.3 Å². The lowest BCUT2D eigenvalue weighted by Crippen LogP contribution is -2.35. The van der Waals surface area contributed by atoms with Crippen LogP contribution in [0, 0.1) is 0 Å². The topological polar surface area (TPSA) is 140 Å². The zero-order valence-corrected chi connectivity index (χ0v) is 11.0. The average Bonchev–Trinajstić information content (AvgIpc) is 2.32. The number of aliphatic imine (C=N–C) groups is 1. The van der Waals surface area contributed by atoms with Crippen LogP contribution < -0.4 is 16.8 Å². The number of hydrogen-bond acceptors (Lipinski definition) is 5. The van der Waals surface area contributed by atoms with Gasteiger partial charge < -0.3 is 26.6 Å². The number of esters is 1. The van der Waals surface area contributed by atoms with Crippen LogP contribution in [-0.4, -0.2) is 49.7 Å². The molecule has 0 heterocycles. The van der Waals surface area contributed by atoms with Crippen molar-refractivity contribution in [2.45, 2.75) is 25.8 Å². The van der Waals surface area contributed by atoms with Gasteiger partial charge in [-0.2, -0.15) is 0 Å². The van der Waals surface area contributed by atoms with E-state index in [0.29, 0.717) is 18.9 Å². The number of nitrogens with one attached hydrogen (secondary N) is 1. The van der Waals surface area contributed by atoms with Crippen molar-refractivity contribution in [1.29, 1.82) is 0 Å². The number of ether oxygens (including phenoxy) is 1. The minimum Gasteiger partial charge on any atom is -0.481 e. The average molecular weight is 262 g/mol. The van der Waals surface area contributed by atoms with Gasteiger partial charge in [0, 0.05) is 20.5 Å². The van der Waals surface area contributed by atoms with E-state index < -0.39 is 12.0 Å². The number of guanidine groups is 1. The fraction of sp³-hybridized carbons (Fsp3) is 0.700. The maximum Gasteiger partial charge on any atom is 0.322 e. The lowest BCUT2D eigenvalue weighted by Gasteiger charge is -2.09. The van der Waals surface area contributed by atoms with E-state index in [1.807, 2.05) is 0 Å². The molecule has 0 rings (SSSR count). The van der Waals surface area contributed by atoms with Gasteiger partial charge in [0.05, 0.1) is 7.11 Å². The molecule has 0 saturated heterocycles. The summed E-state index contributed by atoms with van der Waals surface area (Å²) in [5, 5.41) is 10.3. The highest BCUT2D eigenvalue weighted by Crippen LogP contribution is 1.94. The highest BCUT2D eigenvalue weighted by Gasteiger charge is 2.12. The van der Waals surface area contributed by atoms with Crippen molar-refractivity contribution in [3.8, 4) is 0 Å². The molecule has 6 N–H and O–H groups in total. The van der Waals surface area contributed by atoms with Gasteiger partial charge in [-0.15, -0.1) is 0 Å². The summed E-state index contributed by atoms with van der Waals surface area (Å²) in [7, 11) is 2.92. The fourth-order valence-corrected chi connectivity index (χ4v) is 0.887. The SMILES string of the molecule is CC(=O)O.CN=C(N)NCCC[C@H](N)C(=O)OC. The van der Waals surface area contributed by atoms with Crippen LogP contribution in [0.1, 0.15) is 19.8 Å². The molecule has 0 aliphatic heterocycles. The maximum atomic E-state index is 10.9. The summed E-state index contributed by atoms with van der Waals surface area (Å²) in [6, 6.07) is -0.554. The monoisotopic (exact) mass is 262 g/mol. The third-order valence-electron chi connectivity index (χ3n) is 1.74. The number of aliphatic carboxylic acids is 1. The Labute approximate surface area is 106 Å². The van der Waals surface area contributed by atoms with E-state index >= 15 is 0 Å². The molecule has 0 aromatic rings. The summed E-state index contributed by atoms with van der Waals surface area (Å²) in [4.78, 5) is 23.6. The van der Waals surface area contributed by atoms with Gasteiger partial charge in [0.1, 0.15) is 6.04 Å². The highest BCUT2D eigenvalue weighted by atomic mass is 16.5. The van der Waals surface area contributed by atoms with Gasteiger partial charge in [0.25, 0.3) is 5.97 Å². The van der Waals surface area contributed by atoms with Gasteiger partial charge in [0.15, 0.2) is 5.96 Å². The molecular formula is C10H22N4O4. The first-order chi connectivity index (χ1) is 8.34. The van der Waals surface area contributed by atoms with Crippen LogP contribution in [0.25, 0.3) is 0 Å². The minimum absolute atomic E-state index is 0.386. The van der Waals surface area contributed by atoms with Gasteiger partial charge in [-0.05, 0) is 12.8 Å². The number of methoxy groups -OCH3 is 1. The Morgan fingerprint density at radius 1 is 1.50 bits per heavy atom. The number of carboxylic acids is 1. The smallest absolute Gasteiger partial charge is 0.322 e. The molecule has 0 aliphatic carbocycles. The number of hydrogen-bond donors (Lipinski definition) is 4. The Morgan fingerprint density at radius 3 is 2.39 bits per heavy atom. The molecule has 8 heteroatoms. The third-order valence-corrected chi connectivity index (χ3v) is 1.74. The van der Waals surface area contributed by atoms with Crippen molar-refractivity contribution in [1.82, 2.24) is 5.32 Å². The van der Waals surface area contributed by atoms with Crippen LogP contribution in [0.5, 0.6) is 0 Å². The van der Waals surface area contributed by atoms with Gasteiger partial charge in [-0.3, -0.25) is 14.6 Å². The quantitative estimate of drug-likeness (QED) is 0.213. The van der Waals surface area contributed by atoms with E-state index in [2.05, 4.69) is 15.0 Å².